The summed E-state index contributed by atoms with van der Waals surface area (Å²) < 4.78 is 0. The Balaban J connectivity index is 2.03. The minimum atomic E-state index is 0.208. The van der Waals surface area contributed by atoms with Gasteiger partial charge in [-0.15, -0.1) is 0 Å². The number of benzene rings is 2. The molecule has 3 rings (SSSR count). The molecule has 104 valence electrons. The molecule has 0 saturated carbocycles. The van der Waals surface area contributed by atoms with E-state index in [4.69, 9.17) is 11.6 Å². The molecule has 0 bridgehead atoms. The van der Waals surface area contributed by atoms with Crippen molar-refractivity contribution < 1.29 is 0 Å². The van der Waals surface area contributed by atoms with E-state index in [1.54, 1.807) is 0 Å². The Hall–Kier alpha value is -1.31. The predicted octanol–water partition coefficient (Wildman–Crippen LogP) is 4.45. The summed E-state index contributed by atoms with van der Waals surface area (Å²) in [7, 11) is 2.01. The largest absolute Gasteiger partial charge is 0.309 e. The summed E-state index contributed by atoms with van der Waals surface area (Å²) in [6.45, 7) is 2.14. The third-order valence-electron chi connectivity index (χ3n) is 4.30. The van der Waals surface area contributed by atoms with Crippen LogP contribution in [0.2, 0.25) is 5.02 Å². The lowest BCUT2D eigenvalue weighted by atomic mass is 9.93. The minimum Gasteiger partial charge on any atom is -0.309 e. The molecule has 2 aromatic rings. The van der Waals surface area contributed by atoms with Gasteiger partial charge >= 0.3 is 0 Å². The molecule has 0 amide bonds. The SMILES string of the molecule is CNC(c1ccc2c(c1)CCC2)c1cc(Cl)ccc1C. The minimum absolute atomic E-state index is 0.208. The molecule has 1 unspecified atom stereocenters. The van der Waals surface area contributed by atoms with Crippen molar-refractivity contribution in [1.82, 2.24) is 5.32 Å². The van der Waals surface area contributed by atoms with Crippen LogP contribution >= 0.6 is 11.6 Å². The van der Waals surface area contributed by atoms with Gasteiger partial charge in [-0.2, -0.15) is 0 Å². The Morgan fingerprint density at radius 2 is 1.85 bits per heavy atom. The molecule has 20 heavy (non-hydrogen) atoms. The molecule has 1 nitrogen and oxygen atoms in total. The van der Waals surface area contributed by atoms with Crippen molar-refractivity contribution in [2.75, 3.05) is 7.05 Å². The molecule has 0 fully saturated rings. The van der Waals surface area contributed by atoms with E-state index in [-0.39, 0.29) is 6.04 Å². The van der Waals surface area contributed by atoms with Gasteiger partial charge in [0.05, 0.1) is 6.04 Å². The summed E-state index contributed by atoms with van der Waals surface area (Å²) in [6, 6.07) is 13.2. The molecule has 1 aliphatic rings. The zero-order valence-corrected chi connectivity index (χ0v) is 12.8. The van der Waals surface area contributed by atoms with Crippen LogP contribution in [0.4, 0.5) is 0 Å². The average Bonchev–Trinajstić information content (AvgIpc) is 2.91. The first-order valence-corrected chi connectivity index (χ1v) is 7.62. The standard InChI is InChI=1S/C18H20ClN/c1-12-6-9-16(19)11-17(12)18(20-2)15-8-7-13-4-3-5-14(13)10-15/h6-11,18,20H,3-5H2,1-2H3. The number of hydrogen-bond acceptors (Lipinski definition) is 1. The predicted molar refractivity (Wildman–Crippen MR) is 85.6 cm³/mol. The first-order chi connectivity index (χ1) is 9.69. The molecule has 2 heteroatoms. The van der Waals surface area contributed by atoms with E-state index in [1.165, 1.54) is 47.1 Å². The lowest BCUT2D eigenvalue weighted by Crippen LogP contribution is -2.19. The van der Waals surface area contributed by atoms with Crippen LogP contribution < -0.4 is 5.32 Å². The van der Waals surface area contributed by atoms with Crippen molar-refractivity contribution in [2.45, 2.75) is 32.2 Å². The lowest BCUT2D eigenvalue weighted by molar-refractivity contribution is 0.686. The van der Waals surface area contributed by atoms with Crippen LogP contribution in [-0.4, -0.2) is 7.05 Å². The number of hydrogen-bond donors (Lipinski definition) is 1. The van der Waals surface area contributed by atoms with E-state index in [0.29, 0.717) is 0 Å². The van der Waals surface area contributed by atoms with Gasteiger partial charge in [0.1, 0.15) is 0 Å². The zero-order valence-electron chi connectivity index (χ0n) is 12.0. The maximum absolute atomic E-state index is 6.17. The third kappa shape index (κ3) is 2.48. The summed E-state index contributed by atoms with van der Waals surface area (Å²) >= 11 is 6.17. The molecule has 0 spiro atoms. The second-order valence-corrected chi connectivity index (χ2v) is 6.04. The second kappa shape index (κ2) is 5.59. The van der Waals surface area contributed by atoms with Crippen LogP contribution in [0, 0.1) is 6.92 Å². The highest BCUT2D eigenvalue weighted by molar-refractivity contribution is 6.30. The molecule has 1 atom stereocenters. The van der Waals surface area contributed by atoms with E-state index in [0.717, 1.165) is 5.02 Å². The molecule has 1 aliphatic carbocycles. The smallest absolute Gasteiger partial charge is 0.0577 e. The van der Waals surface area contributed by atoms with Gasteiger partial charge in [0, 0.05) is 5.02 Å². The first kappa shape index (κ1) is 13.7. The van der Waals surface area contributed by atoms with Crippen LogP contribution in [0.5, 0.6) is 0 Å². The van der Waals surface area contributed by atoms with Crippen LogP contribution in [0.15, 0.2) is 36.4 Å². The Bertz CT molecular complexity index is 633. The van der Waals surface area contributed by atoms with Gasteiger partial charge in [0.15, 0.2) is 0 Å². The normalized spacial score (nSPS) is 15.2. The van der Waals surface area contributed by atoms with Gasteiger partial charge in [-0.25, -0.2) is 0 Å². The van der Waals surface area contributed by atoms with Crippen molar-refractivity contribution >= 4 is 11.6 Å². The van der Waals surface area contributed by atoms with E-state index < -0.39 is 0 Å². The second-order valence-electron chi connectivity index (χ2n) is 5.60. The summed E-state index contributed by atoms with van der Waals surface area (Å²) in [5.41, 5.74) is 6.90. The van der Waals surface area contributed by atoms with Gasteiger partial charge < -0.3 is 5.32 Å². The van der Waals surface area contributed by atoms with E-state index in [2.05, 4.69) is 42.6 Å². The number of halogens is 1. The molecular formula is C18H20ClN. The molecule has 0 saturated heterocycles. The Morgan fingerprint density at radius 3 is 2.65 bits per heavy atom. The number of nitrogens with one attached hydrogen (secondary N) is 1. The van der Waals surface area contributed by atoms with E-state index in [9.17, 15) is 0 Å². The van der Waals surface area contributed by atoms with Gasteiger partial charge in [-0.1, -0.05) is 35.9 Å². The highest BCUT2D eigenvalue weighted by Crippen LogP contribution is 2.30. The van der Waals surface area contributed by atoms with Crippen LogP contribution in [0.25, 0.3) is 0 Å². The van der Waals surface area contributed by atoms with Gasteiger partial charge in [-0.05, 0) is 73.2 Å². The molecular weight excluding hydrogens is 266 g/mol. The maximum atomic E-state index is 6.17. The van der Waals surface area contributed by atoms with Crippen molar-refractivity contribution in [3.63, 3.8) is 0 Å². The van der Waals surface area contributed by atoms with E-state index in [1.807, 2.05) is 13.1 Å². The van der Waals surface area contributed by atoms with Crippen molar-refractivity contribution in [1.29, 1.82) is 0 Å². The average molecular weight is 286 g/mol. The van der Waals surface area contributed by atoms with E-state index >= 15 is 0 Å². The molecule has 2 aromatic carbocycles. The van der Waals surface area contributed by atoms with Gasteiger partial charge in [0.25, 0.3) is 0 Å². The molecule has 0 heterocycles. The highest BCUT2D eigenvalue weighted by Gasteiger charge is 2.18. The molecule has 0 aliphatic heterocycles. The monoisotopic (exact) mass is 285 g/mol. The first-order valence-electron chi connectivity index (χ1n) is 7.24. The summed E-state index contributed by atoms with van der Waals surface area (Å²) in [5.74, 6) is 0. The van der Waals surface area contributed by atoms with Crippen LogP contribution in [-0.2, 0) is 12.8 Å². The highest BCUT2D eigenvalue weighted by atomic mass is 35.5. The summed E-state index contributed by atoms with van der Waals surface area (Å²) in [4.78, 5) is 0. The number of fused-ring (bicyclic) bond motifs is 1. The molecule has 0 radical (unpaired) electrons. The topological polar surface area (TPSA) is 12.0 Å². The summed E-state index contributed by atoms with van der Waals surface area (Å²) in [5, 5.41) is 4.23. The Morgan fingerprint density at radius 1 is 1.05 bits per heavy atom. The lowest BCUT2D eigenvalue weighted by Gasteiger charge is -2.20. The fraction of sp³-hybridized carbons (Fsp3) is 0.333. The third-order valence-corrected chi connectivity index (χ3v) is 4.53. The van der Waals surface area contributed by atoms with Gasteiger partial charge in [-0.3, -0.25) is 0 Å². The fourth-order valence-corrected chi connectivity index (χ4v) is 3.38. The quantitative estimate of drug-likeness (QED) is 0.879. The van der Waals surface area contributed by atoms with Crippen molar-refractivity contribution in [3.05, 3.63) is 69.2 Å². The maximum Gasteiger partial charge on any atom is 0.0577 e. The van der Waals surface area contributed by atoms with Gasteiger partial charge in [0.2, 0.25) is 0 Å². The Kier molecular flexibility index (Phi) is 3.82. The Labute approximate surface area is 126 Å². The van der Waals surface area contributed by atoms with Crippen LogP contribution in [0.1, 0.15) is 40.3 Å². The molecule has 1 N–H and O–H groups in total. The van der Waals surface area contributed by atoms with Crippen LogP contribution in [0.3, 0.4) is 0 Å². The van der Waals surface area contributed by atoms with Crippen molar-refractivity contribution in [3.8, 4) is 0 Å². The zero-order chi connectivity index (χ0) is 14.1. The fourth-order valence-electron chi connectivity index (χ4n) is 3.20. The number of rotatable bonds is 3. The van der Waals surface area contributed by atoms with Crippen molar-refractivity contribution in [2.24, 2.45) is 0 Å². The summed E-state index contributed by atoms with van der Waals surface area (Å²) in [6.07, 6.45) is 3.74. The molecule has 0 aromatic heterocycles. The number of aryl methyl sites for hydroxylation is 3.